The molecule has 0 spiro atoms. The molecule has 4 rings (SSSR count). The molecule has 7 heteroatoms. The second-order valence-electron chi connectivity index (χ2n) is 8.91. The Morgan fingerprint density at radius 3 is 2.35 bits per heavy atom. The average Bonchev–Trinajstić information content (AvgIpc) is 3.15. The molecule has 1 amide bonds. The first kappa shape index (κ1) is 23.0. The third kappa shape index (κ3) is 4.50. The summed E-state index contributed by atoms with van der Waals surface area (Å²) in [5.74, 6) is -0.871. The maximum atomic E-state index is 13.4. The van der Waals surface area contributed by atoms with Gasteiger partial charge in [-0.15, -0.1) is 0 Å². The van der Waals surface area contributed by atoms with Crippen LogP contribution in [0.1, 0.15) is 41.5 Å². The van der Waals surface area contributed by atoms with E-state index >= 15 is 0 Å². The van der Waals surface area contributed by atoms with Crippen LogP contribution in [-0.2, 0) is 4.74 Å². The van der Waals surface area contributed by atoms with Gasteiger partial charge >= 0.3 is 5.97 Å². The largest absolute Gasteiger partial charge is 0.456 e. The minimum atomic E-state index is -0.624. The maximum absolute atomic E-state index is 13.4. The van der Waals surface area contributed by atoms with Gasteiger partial charge in [0.05, 0.1) is 11.1 Å². The van der Waals surface area contributed by atoms with Gasteiger partial charge in [-0.05, 0) is 68.8 Å². The van der Waals surface area contributed by atoms with E-state index in [1.807, 2.05) is 6.07 Å². The predicted molar refractivity (Wildman–Crippen MR) is 130 cm³/mol. The van der Waals surface area contributed by atoms with Gasteiger partial charge in [0, 0.05) is 35.3 Å². The normalized spacial score (nSPS) is 11.4. The molecule has 174 valence electrons. The van der Waals surface area contributed by atoms with Crippen molar-refractivity contribution in [3.8, 4) is 22.5 Å². The monoisotopic (exact) mass is 460 g/mol. The molecule has 0 unspecified atom stereocenters. The number of nitrogen functional groups attached to an aromatic ring is 1. The first-order chi connectivity index (χ1) is 16.1. The number of rotatable bonds is 4. The fraction of sp³-hybridized carbons (Fsp3) is 0.185. The van der Waals surface area contributed by atoms with E-state index in [1.54, 1.807) is 63.2 Å². The quantitative estimate of drug-likeness (QED) is 0.296. The molecule has 0 saturated carbocycles. The summed E-state index contributed by atoms with van der Waals surface area (Å²) in [5, 5.41) is 3.18. The van der Waals surface area contributed by atoms with Crippen LogP contribution in [-0.4, -0.2) is 24.5 Å². The third-order valence-electron chi connectivity index (χ3n) is 5.23. The van der Waals surface area contributed by atoms with Crippen molar-refractivity contribution in [3.05, 3.63) is 77.6 Å². The number of furan rings is 1. The van der Waals surface area contributed by atoms with Crippen LogP contribution in [0.4, 0.5) is 10.1 Å². The predicted octanol–water partition coefficient (Wildman–Crippen LogP) is 5.80. The highest BCUT2D eigenvalue weighted by molar-refractivity contribution is 6.12. The first-order valence-electron chi connectivity index (χ1n) is 10.7. The Labute approximate surface area is 196 Å². The van der Waals surface area contributed by atoms with Crippen LogP contribution in [0.25, 0.3) is 33.4 Å². The van der Waals surface area contributed by atoms with Crippen LogP contribution in [0.3, 0.4) is 0 Å². The number of halogens is 1. The van der Waals surface area contributed by atoms with Crippen molar-refractivity contribution in [1.82, 2.24) is 5.32 Å². The Morgan fingerprint density at radius 1 is 1.00 bits per heavy atom. The van der Waals surface area contributed by atoms with E-state index in [-0.39, 0.29) is 5.91 Å². The Morgan fingerprint density at radius 2 is 1.71 bits per heavy atom. The molecule has 0 aliphatic carbocycles. The summed E-state index contributed by atoms with van der Waals surface area (Å²) in [6.45, 7) is 5.41. The van der Waals surface area contributed by atoms with Crippen LogP contribution in [0.15, 0.2) is 65.1 Å². The summed E-state index contributed by atoms with van der Waals surface area (Å²) in [6, 6.07) is 16.1. The molecule has 4 aromatic rings. The number of anilines is 1. The highest BCUT2D eigenvalue weighted by atomic mass is 19.1. The van der Waals surface area contributed by atoms with Crippen LogP contribution in [0.5, 0.6) is 0 Å². The van der Waals surface area contributed by atoms with Crippen molar-refractivity contribution in [2.45, 2.75) is 26.4 Å². The molecule has 1 heterocycles. The van der Waals surface area contributed by atoms with Gasteiger partial charge < -0.3 is 20.2 Å². The van der Waals surface area contributed by atoms with Crippen LogP contribution in [0, 0.1) is 5.82 Å². The van der Waals surface area contributed by atoms with Crippen LogP contribution < -0.4 is 11.1 Å². The molecule has 34 heavy (non-hydrogen) atoms. The molecular weight excluding hydrogens is 435 g/mol. The standard InChI is InChI=1S/C27H25FN2O4/c1-27(2,3)34-26(32)17-7-5-6-16(12-17)19-13-20-22(14-21(19)29)33-24(23(20)25(31)30-4)15-8-10-18(28)11-9-15/h5-14H,29H2,1-4H3,(H,30,31). The number of carbonyl (C=O) groups is 2. The number of nitrogens with one attached hydrogen (secondary N) is 1. The van der Waals surface area contributed by atoms with Gasteiger partial charge in [-0.2, -0.15) is 0 Å². The van der Waals surface area contributed by atoms with Gasteiger partial charge in [0.15, 0.2) is 0 Å². The number of esters is 1. The Balaban J connectivity index is 1.87. The topological polar surface area (TPSA) is 94.6 Å². The number of fused-ring (bicyclic) bond motifs is 1. The van der Waals surface area contributed by atoms with E-state index in [0.717, 1.165) is 0 Å². The molecule has 0 saturated heterocycles. The van der Waals surface area contributed by atoms with E-state index in [2.05, 4.69) is 5.32 Å². The third-order valence-corrected chi connectivity index (χ3v) is 5.23. The molecule has 1 aromatic heterocycles. The number of nitrogens with two attached hydrogens (primary N) is 1. The SMILES string of the molecule is CNC(=O)c1c(-c2ccc(F)cc2)oc2cc(N)c(-c3cccc(C(=O)OC(C)(C)C)c3)cc12. The van der Waals surface area contributed by atoms with Crippen molar-refractivity contribution in [2.24, 2.45) is 0 Å². The number of benzene rings is 3. The highest BCUT2D eigenvalue weighted by Crippen LogP contribution is 2.39. The molecule has 3 N–H and O–H groups in total. The summed E-state index contributed by atoms with van der Waals surface area (Å²) in [7, 11) is 1.53. The fourth-order valence-corrected chi connectivity index (χ4v) is 3.71. The number of carbonyl (C=O) groups excluding carboxylic acids is 2. The van der Waals surface area contributed by atoms with Crippen molar-refractivity contribution >= 4 is 28.5 Å². The molecule has 0 atom stereocenters. The van der Waals surface area contributed by atoms with Gasteiger partial charge in [-0.3, -0.25) is 4.79 Å². The molecule has 0 radical (unpaired) electrons. The number of hydrogen-bond donors (Lipinski definition) is 2. The minimum Gasteiger partial charge on any atom is -0.456 e. The number of ether oxygens (including phenoxy) is 1. The van der Waals surface area contributed by atoms with Crippen LogP contribution in [0.2, 0.25) is 0 Å². The Bertz CT molecular complexity index is 1400. The Kier molecular flexibility index (Phi) is 5.87. The second-order valence-corrected chi connectivity index (χ2v) is 8.91. The number of hydrogen-bond acceptors (Lipinski definition) is 5. The smallest absolute Gasteiger partial charge is 0.338 e. The van der Waals surface area contributed by atoms with Gasteiger partial charge in [0.25, 0.3) is 5.91 Å². The lowest BCUT2D eigenvalue weighted by atomic mass is 9.97. The summed E-state index contributed by atoms with van der Waals surface area (Å²) >= 11 is 0. The number of amides is 1. The Hall–Kier alpha value is -4.13. The van der Waals surface area contributed by atoms with E-state index < -0.39 is 17.4 Å². The average molecular weight is 461 g/mol. The zero-order valence-corrected chi connectivity index (χ0v) is 19.4. The van der Waals surface area contributed by atoms with E-state index in [1.165, 1.54) is 19.2 Å². The zero-order valence-electron chi connectivity index (χ0n) is 19.4. The first-order valence-corrected chi connectivity index (χ1v) is 10.7. The maximum Gasteiger partial charge on any atom is 0.338 e. The van der Waals surface area contributed by atoms with Gasteiger partial charge in [0.2, 0.25) is 0 Å². The molecule has 0 aliphatic heterocycles. The summed E-state index contributed by atoms with van der Waals surface area (Å²) in [5.41, 5.74) is 9.14. The lowest BCUT2D eigenvalue weighted by Crippen LogP contribution is -2.23. The van der Waals surface area contributed by atoms with Crippen molar-refractivity contribution in [2.75, 3.05) is 12.8 Å². The van der Waals surface area contributed by atoms with E-state index in [0.29, 0.717) is 50.2 Å². The fourth-order valence-electron chi connectivity index (χ4n) is 3.71. The molecule has 0 bridgehead atoms. The molecule has 0 aliphatic rings. The van der Waals surface area contributed by atoms with Crippen LogP contribution >= 0.6 is 0 Å². The van der Waals surface area contributed by atoms with E-state index in [4.69, 9.17) is 14.9 Å². The lowest BCUT2D eigenvalue weighted by Gasteiger charge is -2.19. The van der Waals surface area contributed by atoms with E-state index in [9.17, 15) is 14.0 Å². The molecular formula is C27H25FN2O4. The minimum absolute atomic E-state index is 0.313. The van der Waals surface area contributed by atoms with Gasteiger partial charge in [0.1, 0.15) is 22.8 Å². The second kappa shape index (κ2) is 8.67. The summed E-state index contributed by atoms with van der Waals surface area (Å²) in [4.78, 5) is 25.4. The molecule has 3 aromatic carbocycles. The zero-order chi connectivity index (χ0) is 24.6. The van der Waals surface area contributed by atoms with Crippen molar-refractivity contribution in [3.63, 3.8) is 0 Å². The highest BCUT2D eigenvalue weighted by Gasteiger charge is 2.24. The van der Waals surface area contributed by atoms with Crippen molar-refractivity contribution in [1.29, 1.82) is 0 Å². The van der Waals surface area contributed by atoms with Crippen molar-refractivity contribution < 1.29 is 23.1 Å². The summed E-state index contributed by atoms with van der Waals surface area (Å²) in [6.07, 6.45) is 0. The molecule has 6 nitrogen and oxygen atoms in total. The van der Waals surface area contributed by atoms with Gasteiger partial charge in [-0.1, -0.05) is 12.1 Å². The van der Waals surface area contributed by atoms with Gasteiger partial charge in [-0.25, -0.2) is 9.18 Å². The summed E-state index contributed by atoms with van der Waals surface area (Å²) < 4.78 is 24.9. The molecule has 0 fully saturated rings. The lowest BCUT2D eigenvalue weighted by molar-refractivity contribution is 0.00694.